The summed E-state index contributed by atoms with van der Waals surface area (Å²) in [5, 5.41) is 3.69. The molecule has 3 heteroatoms. The van der Waals surface area contributed by atoms with Gasteiger partial charge >= 0.3 is 0 Å². The molecule has 100 valence electrons. The van der Waals surface area contributed by atoms with Crippen LogP contribution in [0, 0.1) is 0 Å². The van der Waals surface area contributed by atoms with Gasteiger partial charge in [-0.05, 0) is 38.9 Å². The molecule has 0 aromatic carbocycles. The molecule has 2 nitrogen and oxygen atoms in total. The van der Waals surface area contributed by atoms with Crippen LogP contribution in [-0.4, -0.2) is 47.1 Å². The Morgan fingerprint density at radius 2 is 2.29 bits per heavy atom. The highest BCUT2D eigenvalue weighted by molar-refractivity contribution is 8.00. The third-order valence-corrected chi connectivity index (χ3v) is 5.78. The average Bonchev–Trinajstić information content (AvgIpc) is 2.70. The van der Waals surface area contributed by atoms with Crippen molar-refractivity contribution in [2.24, 2.45) is 0 Å². The molecule has 0 amide bonds. The number of rotatable bonds is 4. The summed E-state index contributed by atoms with van der Waals surface area (Å²) in [6, 6.07) is 1.44. The van der Waals surface area contributed by atoms with Gasteiger partial charge in [-0.3, -0.25) is 4.90 Å². The first-order chi connectivity index (χ1) is 8.13. The third-order valence-electron chi connectivity index (χ3n) is 4.26. The van der Waals surface area contributed by atoms with E-state index >= 15 is 0 Å². The van der Waals surface area contributed by atoms with E-state index in [0.29, 0.717) is 10.8 Å². The van der Waals surface area contributed by atoms with Crippen molar-refractivity contribution in [3.63, 3.8) is 0 Å². The van der Waals surface area contributed by atoms with E-state index in [4.69, 9.17) is 0 Å². The van der Waals surface area contributed by atoms with Gasteiger partial charge in [-0.15, -0.1) is 0 Å². The topological polar surface area (TPSA) is 15.3 Å². The summed E-state index contributed by atoms with van der Waals surface area (Å²) in [7, 11) is 0. The molecule has 0 aromatic heterocycles. The lowest BCUT2D eigenvalue weighted by Gasteiger charge is -2.42. The monoisotopic (exact) mass is 256 g/mol. The van der Waals surface area contributed by atoms with Crippen molar-refractivity contribution in [3.8, 4) is 0 Å². The van der Waals surface area contributed by atoms with Crippen molar-refractivity contribution in [2.45, 2.75) is 63.3 Å². The summed E-state index contributed by atoms with van der Waals surface area (Å²) >= 11 is 2.19. The van der Waals surface area contributed by atoms with Crippen LogP contribution in [0.3, 0.4) is 0 Å². The van der Waals surface area contributed by atoms with Gasteiger partial charge in [-0.25, -0.2) is 0 Å². The van der Waals surface area contributed by atoms with Crippen LogP contribution in [0.1, 0.15) is 46.5 Å². The second-order valence-electron chi connectivity index (χ2n) is 6.07. The molecule has 0 radical (unpaired) electrons. The summed E-state index contributed by atoms with van der Waals surface area (Å²) in [5.74, 6) is 1.37. The van der Waals surface area contributed by atoms with E-state index in [-0.39, 0.29) is 0 Å². The summed E-state index contributed by atoms with van der Waals surface area (Å²) in [6.45, 7) is 10.8. The van der Waals surface area contributed by atoms with Crippen LogP contribution in [-0.2, 0) is 0 Å². The molecule has 0 saturated carbocycles. The van der Waals surface area contributed by atoms with Crippen molar-refractivity contribution in [2.75, 3.05) is 25.4 Å². The highest BCUT2D eigenvalue weighted by Gasteiger charge is 2.34. The number of thioether (sulfide) groups is 1. The molecule has 0 spiro atoms. The molecule has 2 fully saturated rings. The van der Waals surface area contributed by atoms with Gasteiger partial charge in [0.25, 0.3) is 0 Å². The van der Waals surface area contributed by atoms with Crippen LogP contribution < -0.4 is 5.32 Å². The summed E-state index contributed by atoms with van der Waals surface area (Å²) in [4.78, 5) is 2.73. The van der Waals surface area contributed by atoms with E-state index in [9.17, 15) is 0 Å². The van der Waals surface area contributed by atoms with E-state index in [1.807, 2.05) is 0 Å². The van der Waals surface area contributed by atoms with Gasteiger partial charge in [-0.2, -0.15) is 11.8 Å². The number of piperazine rings is 1. The highest BCUT2D eigenvalue weighted by atomic mass is 32.2. The Morgan fingerprint density at radius 1 is 1.47 bits per heavy atom. The lowest BCUT2D eigenvalue weighted by Crippen LogP contribution is -2.57. The largest absolute Gasteiger partial charge is 0.311 e. The standard InChI is InChI=1S/C14H28N2S/c1-4-6-13-10-16(12(2)9-15-13)11-14(3)7-5-8-17-14/h12-13,15H,4-11H2,1-3H3. The van der Waals surface area contributed by atoms with Gasteiger partial charge < -0.3 is 5.32 Å². The Hall–Kier alpha value is 0.270. The molecule has 2 saturated heterocycles. The van der Waals surface area contributed by atoms with Gasteiger partial charge in [0.15, 0.2) is 0 Å². The number of nitrogens with one attached hydrogen (secondary N) is 1. The Balaban J connectivity index is 1.88. The Morgan fingerprint density at radius 3 is 2.94 bits per heavy atom. The van der Waals surface area contributed by atoms with Crippen LogP contribution in [0.15, 0.2) is 0 Å². The minimum Gasteiger partial charge on any atom is -0.311 e. The zero-order valence-corrected chi connectivity index (χ0v) is 12.5. The fourth-order valence-corrected chi connectivity index (χ4v) is 4.47. The van der Waals surface area contributed by atoms with Gasteiger partial charge in [0.1, 0.15) is 0 Å². The maximum Gasteiger partial charge on any atom is 0.0259 e. The SMILES string of the molecule is CCCC1CN(CC2(C)CCCS2)C(C)CN1. The van der Waals surface area contributed by atoms with Gasteiger partial charge in [0, 0.05) is 36.5 Å². The fourth-order valence-electron chi connectivity index (χ4n) is 3.15. The third kappa shape index (κ3) is 3.62. The van der Waals surface area contributed by atoms with Crippen LogP contribution in [0.25, 0.3) is 0 Å². The zero-order chi connectivity index (χ0) is 12.3. The summed E-state index contributed by atoms with van der Waals surface area (Å²) < 4.78 is 0.530. The van der Waals surface area contributed by atoms with Gasteiger partial charge in [-0.1, -0.05) is 13.3 Å². The van der Waals surface area contributed by atoms with Crippen molar-refractivity contribution in [1.29, 1.82) is 0 Å². The van der Waals surface area contributed by atoms with Gasteiger partial charge in [0.2, 0.25) is 0 Å². The normalized spacial score (nSPS) is 39.7. The highest BCUT2D eigenvalue weighted by Crippen LogP contribution is 2.38. The molecule has 0 aliphatic carbocycles. The second-order valence-corrected chi connectivity index (χ2v) is 7.76. The fraction of sp³-hybridized carbons (Fsp3) is 1.00. The van der Waals surface area contributed by atoms with Crippen LogP contribution in [0.4, 0.5) is 0 Å². The lowest BCUT2D eigenvalue weighted by atomic mass is 10.0. The Kier molecular flexibility index (Phi) is 4.79. The number of nitrogens with zero attached hydrogens (tertiary/aromatic N) is 1. The van der Waals surface area contributed by atoms with Crippen LogP contribution in [0.5, 0.6) is 0 Å². The maximum absolute atomic E-state index is 3.69. The molecule has 1 N–H and O–H groups in total. The van der Waals surface area contributed by atoms with E-state index < -0.39 is 0 Å². The smallest absolute Gasteiger partial charge is 0.0259 e. The predicted molar refractivity (Wildman–Crippen MR) is 77.8 cm³/mol. The van der Waals surface area contributed by atoms with E-state index in [0.717, 1.165) is 6.04 Å². The Labute approximate surface area is 111 Å². The molecule has 2 rings (SSSR count). The average molecular weight is 256 g/mol. The summed E-state index contributed by atoms with van der Waals surface area (Å²) in [6.07, 6.45) is 5.45. The first kappa shape index (κ1) is 13.7. The minimum absolute atomic E-state index is 0.530. The van der Waals surface area contributed by atoms with Crippen LogP contribution >= 0.6 is 11.8 Å². The predicted octanol–water partition coefficient (Wildman–Crippen LogP) is 2.73. The number of hydrogen-bond donors (Lipinski definition) is 1. The molecule has 0 bridgehead atoms. The lowest BCUT2D eigenvalue weighted by molar-refractivity contribution is 0.125. The first-order valence-electron chi connectivity index (χ1n) is 7.24. The molecule has 3 atom stereocenters. The quantitative estimate of drug-likeness (QED) is 0.832. The number of hydrogen-bond acceptors (Lipinski definition) is 3. The van der Waals surface area contributed by atoms with E-state index in [1.165, 1.54) is 51.1 Å². The molecule has 2 aliphatic rings. The zero-order valence-electron chi connectivity index (χ0n) is 11.7. The van der Waals surface area contributed by atoms with Crippen molar-refractivity contribution in [3.05, 3.63) is 0 Å². The maximum atomic E-state index is 3.69. The summed E-state index contributed by atoms with van der Waals surface area (Å²) in [5.41, 5.74) is 0. The minimum atomic E-state index is 0.530. The van der Waals surface area contributed by atoms with Gasteiger partial charge in [0.05, 0.1) is 0 Å². The van der Waals surface area contributed by atoms with Crippen molar-refractivity contribution in [1.82, 2.24) is 10.2 Å². The van der Waals surface area contributed by atoms with Crippen molar-refractivity contribution >= 4 is 11.8 Å². The first-order valence-corrected chi connectivity index (χ1v) is 8.23. The molecule has 17 heavy (non-hydrogen) atoms. The molecular formula is C14H28N2S. The molecule has 3 unspecified atom stereocenters. The van der Waals surface area contributed by atoms with Crippen molar-refractivity contribution < 1.29 is 0 Å². The molecule has 0 aromatic rings. The van der Waals surface area contributed by atoms with E-state index in [1.54, 1.807) is 0 Å². The molecular weight excluding hydrogens is 228 g/mol. The van der Waals surface area contributed by atoms with E-state index in [2.05, 4.69) is 42.7 Å². The molecule has 2 heterocycles. The Bertz CT molecular complexity index is 238. The second kappa shape index (κ2) is 5.94. The molecule has 2 aliphatic heterocycles. The van der Waals surface area contributed by atoms with Crippen LogP contribution in [0.2, 0.25) is 0 Å².